The zero-order valence-corrected chi connectivity index (χ0v) is 16.1. The summed E-state index contributed by atoms with van der Waals surface area (Å²) in [5, 5.41) is 5.18. The molecule has 1 spiro atoms. The highest BCUT2D eigenvalue weighted by molar-refractivity contribution is 7.03. The van der Waals surface area contributed by atoms with Crippen LogP contribution in [0, 0.1) is 18.8 Å². The van der Waals surface area contributed by atoms with Gasteiger partial charge in [0.05, 0.1) is 23.6 Å². The summed E-state index contributed by atoms with van der Waals surface area (Å²) >= 11 is 1.50. The van der Waals surface area contributed by atoms with Crippen molar-refractivity contribution in [2.75, 3.05) is 19.6 Å². The van der Waals surface area contributed by atoms with Crippen LogP contribution in [0.25, 0.3) is 0 Å². The molecule has 0 saturated carbocycles. The summed E-state index contributed by atoms with van der Waals surface area (Å²) in [5.41, 5.74) is 2.43. The van der Waals surface area contributed by atoms with E-state index >= 15 is 0 Å². The lowest BCUT2D eigenvalue weighted by Crippen LogP contribution is -2.42. The van der Waals surface area contributed by atoms with Crippen molar-refractivity contribution < 1.29 is 9.53 Å². The molecule has 8 heteroatoms. The fourth-order valence-corrected chi connectivity index (χ4v) is 5.58. The number of carbonyl (C=O) groups excluding carboxylic acids is 1. The highest BCUT2D eigenvalue weighted by atomic mass is 32.1. The molecule has 0 aliphatic carbocycles. The highest BCUT2D eigenvalue weighted by Gasteiger charge is 2.62. The SMILES string of the molecule is Cc1cnc(C(=O)NC[C@H]2[C@H]3CN(Cc4cnsc4)C[C@]34CC[C@H]2O4)cn1. The van der Waals surface area contributed by atoms with Gasteiger partial charge in [-0.3, -0.25) is 14.7 Å². The third-order valence-corrected chi connectivity index (χ3v) is 6.89. The maximum absolute atomic E-state index is 12.4. The Bertz CT molecular complexity index is 827. The molecule has 27 heavy (non-hydrogen) atoms. The van der Waals surface area contributed by atoms with Crippen LogP contribution in [-0.2, 0) is 11.3 Å². The molecule has 5 heterocycles. The van der Waals surface area contributed by atoms with Crippen LogP contribution in [0.1, 0.15) is 34.6 Å². The van der Waals surface area contributed by atoms with Crippen molar-refractivity contribution in [1.29, 1.82) is 0 Å². The van der Waals surface area contributed by atoms with E-state index in [0.717, 1.165) is 38.2 Å². The van der Waals surface area contributed by atoms with Gasteiger partial charge in [0.2, 0.25) is 0 Å². The number of likely N-dealkylation sites (tertiary alicyclic amines) is 1. The maximum Gasteiger partial charge on any atom is 0.271 e. The predicted molar refractivity (Wildman–Crippen MR) is 100 cm³/mol. The number of hydrogen-bond donors (Lipinski definition) is 1. The Morgan fingerprint density at radius 2 is 2.33 bits per heavy atom. The van der Waals surface area contributed by atoms with Crippen LogP contribution in [-0.4, -0.2) is 56.5 Å². The third kappa shape index (κ3) is 3.05. The summed E-state index contributed by atoms with van der Waals surface area (Å²) in [4.78, 5) is 23.2. The summed E-state index contributed by atoms with van der Waals surface area (Å²) in [6.45, 7) is 5.44. The second-order valence-electron chi connectivity index (χ2n) is 7.99. The number of nitrogens with zero attached hydrogens (tertiary/aromatic N) is 4. The van der Waals surface area contributed by atoms with Gasteiger partial charge in [-0.25, -0.2) is 9.36 Å². The van der Waals surface area contributed by atoms with Gasteiger partial charge in [0, 0.05) is 55.8 Å². The van der Waals surface area contributed by atoms with Crippen molar-refractivity contribution in [1.82, 2.24) is 24.6 Å². The summed E-state index contributed by atoms with van der Waals surface area (Å²) in [6.07, 6.45) is 7.61. The Morgan fingerprint density at radius 3 is 3.11 bits per heavy atom. The van der Waals surface area contributed by atoms with Crippen molar-refractivity contribution in [3.8, 4) is 0 Å². The van der Waals surface area contributed by atoms with E-state index in [4.69, 9.17) is 4.74 Å². The van der Waals surface area contributed by atoms with Crippen LogP contribution in [0.15, 0.2) is 24.0 Å². The standard InChI is InChI=1S/C19H23N5O2S/c1-12-4-21-16(7-20-12)18(25)22-6-14-15-9-24(8-13-5-23-27-10-13)11-19(15)3-2-17(14)26-19/h4-5,7,10,14-15,17H,2-3,6,8-9,11H2,1H3,(H,22,25)/t14-,15+,17+,19+/m0/s1. The Labute approximate surface area is 162 Å². The van der Waals surface area contributed by atoms with Gasteiger partial charge < -0.3 is 10.1 Å². The maximum atomic E-state index is 12.4. The Kier molecular flexibility index (Phi) is 4.22. The normalized spacial score (nSPS) is 32.0. The molecule has 1 N–H and O–H groups in total. The second kappa shape index (κ2) is 6.61. The van der Waals surface area contributed by atoms with Crippen molar-refractivity contribution in [2.45, 2.75) is 38.0 Å². The first kappa shape index (κ1) is 17.2. The van der Waals surface area contributed by atoms with E-state index in [2.05, 4.69) is 29.9 Å². The quantitative estimate of drug-likeness (QED) is 0.843. The smallest absolute Gasteiger partial charge is 0.271 e. The summed E-state index contributed by atoms with van der Waals surface area (Å²) < 4.78 is 10.7. The van der Waals surface area contributed by atoms with Crippen LogP contribution in [0.2, 0.25) is 0 Å². The molecular formula is C19H23N5O2S. The molecule has 1 amide bonds. The number of ether oxygens (including phenoxy) is 1. The molecule has 3 saturated heterocycles. The molecule has 2 aromatic heterocycles. The van der Waals surface area contributed by atoms with E-state index in [0.29, 0.717) is 24.1 Å². The molecule has 2 bridgehead atoms. The number of carbonyl (C=O) groups is 1. The van der Waals surface area contributed by atoms with Crippen LogP contribution < -0.4 is 5.32 Å². The van der Waals surface area contributed by atoms with Crippen molar-refractivity contribution in [3.05, 3.63) is 40.9 Å². The number of amides is 1. The zero-order chi connectivity index (χ0) is 18.4. The first-order chi connectivity index (χ1) is 13.1. The summed E-state index contributed by atoms with van der Waals surface area (Å²) in [5.74, 6) is 0.692. The largest absolute Gasteiger partial charge is 0.370 e. The van der Waals surface area contributed by atoms with Gasteiger partial charge in [-0.1, -0.05) is 0 Å². The van der Waals surface area contributed by atoms with E-state index in [-0.39, 0.29) is 17.6 Å². The number of hydrogen-bond acceptors (Lipinski definition) is 7. The van der Waals surface area contributed by atoms with E-state index in [9.17, 15) is 4.79 Å². The molecule has 0 unspecified atom stereocenters. The topological polar surface area (TPSA) is 80.2 Å². The van der Waals surface area contributed by atoms with E-state index in [1.54, 1.807) is 6.20 Å². The lowest BCUT2D eigenvalue weighted by atomic mass is 9.73. The lowest BCUT2D eigenvalue weighted by Gasteiger charge is -2.29. The molecule has 3 aliphatic heterocycles. The van der Waals surface area contributed by atoms with Crippen LogP contribution in [0.5, 0.6) is 0 Å². The Balaban J connectivity index is 1.24. The minimum absolute atomic E-state index is 0.0207. The summed E-state index contributed by atoms with van der Waals surface area (Å²) in [7, 11) is 0. The average molecular weight is 385 g/mol. The molecule has 142 valence electrons. The average Bonchev–Trinajstić information content (AvgIpc) is 3.42. The van der Waals surface area contributed by atoms with Crippen molar-refractivity contribution in [2.24, 2.45) is 11.8 Å². The van der Waals surface area contributed by atoms with Gasteiger partial charge in [0.25, 0.3) is 5.91 Å². The number of nitrogens with one attached hydrogen (secondary N) is 1. The van der Waals surface area contributed by atoms with Crippen LogP contribution in [0.3, 0.4) is 0 Å². The Morgan fingerprint density at radius 1 is 1.41 bits per heavy atom. The molecule has 0 aromatic carbocycles. The van der Waals surface area contributed by atoms with Gasteiger partial charge in [0.1, 0.15) is 5.69 Å². The number of fused-ring (bicyclic) bond motifs is 1. The molecule has 3 fully saturated rings. The lowest BCUT2D eigenvalue weighted by molar-refractivity contribution is 0.00212. The minimum atomic E-state index is -0.154. The van der Waals surface area contributed by atoms with Gasteiger partial charge in [-0.15, -0.1) is 0 Å². The third-order valence-electron chi connectivity index (χ3n) is 6.26. The Hall–Kier alpha value is -1.90. The van der Waals surface area contributed by atoms with Crippen molar-refractivity contribution in [3.63, 3.8) is 0 Å². The van der Waals surface area contributed by atoms with E-state index in [1.165, 1.54) is 23.3 Å². The zero-order valence-electron chi connectivity index (χ0n) is 15.3. The highest BCUT2D eigenvalue weighted by Crippen LogP contribution is 2.54. The predicted octanol–water partition coefficient (Wildman–Crippen LogP) is 1.65. The van der Waals surface area contributed by atoms with E-state index in [1.807, 2.05) is 13.1 Å². The fraction of sp³-hybridized carbons (Fsp3) is 0.579. The molecule has 7 nitrogen and oxygen atoms in total. The fourth-order valence-electron chi connectivity index (χ4n) is 5.05. The molecule has 3 aliphatic rings. The van der Waals surface area contributed by atoms with Gasteiger partial charge in [-0.05, 0) is 36.9 Å². The monoisotopic (exact) mass is 385 g/mol. The van der Waals surface area contributed by atoms with E-state index < -0.39 is 0 Å². The second-order valence-corrected chi connectivity index (χ2v) is 8.64. The van der Waals surface area contributed by atoms with Crippen molar-refractivity contribution >= 4 is 17.4 Å². The number of rotatable bonds is 5. The number of aromatic nitrogens is 3. The molecule has 4 atom stereocenters. The minimum Gasteiger partial charge on any atom is -0.370 e. The molecule has 2 aromatic rings. The van der Waals surface area contributed by atoms with Crippen LogP contribution >= 0.6 is 11.5 Å². The molecule has 5 rings (SSSR count). The summed E-state index contributed by atoms with van der Waals surface area (Å²) in [6, 6.07) is 0. The first-order valence-electron chi connectivity index (χ1n) is 9.48. The first-order valence-corrected chi connectivity index (χ1v) is 10.3. The van der Waals surface area contributed by atoms with Gasteiger partial charge >= 0.3 is 0 Å². The molecule has 0 radical (unpaired) electrons. The van der Waals surface area contributed by atoms with Gasteiger partial charge in [-0.2, -0.15) is 0 Å². The van der Waals surface area contributed by atoms with Crippen LogP contribution in [0.4, 0.5) is 0 Å². The van der Waals surface area contributed by atoms with Gasteiger partial charge in [0.15, 0.2) is 0 Å². The molecular weight excluding hydrogens is 362 g/mol. The number of aryl methyl sites for hydroxylation is 1.